The third-order valence-electron chi connectivity index (χ3n) is 2.32. The molecule has 0 amide bonds. The molecule has 2 rings (SSSR count). The molecule has 0 bridgehead atoms. The van der Waals surface area contributed by atoms with Crippen LogP contribution in [0, 0.1) is 15.2 Å². The molecule has 18 heavy (non-hydrogen) atoms. The second-order valence-corrected chi connectivity index (χ2v) is 5.39. The smallest absolute Gasteiger partial charge is 0.126 e. The van der Waals surface area contributed by atoms with Gasteiger partial charge in [-0.15, -0.1) is 0 Å². The van der Waals surface area contributed by atoms with E-state index in [1.807, 2.05) is 0 Å². The van der Waals surface area contributed by atoms with E-state index >= 15 is 0 Å². The second-order valence-electron chi connectivity index (χ2n) is 4.15. The molecule has 0 aliphatic carbocycles. The largest absolute Gasteiger partial charge is 0.207 e. The highest BCUT2D eigenvalue weighted by Crippen LogP contribution is 2.15. The summed E-state index contributed by atoms with van der Waals surface area (Å²) in [7, 11) is 0. The van der Waals surface area contributed by atoms with E-state index in [1.165, 1.54) is 27.3 Å². The second kappa shape index (κ2) is 7.46. The molecule has 2 aromatic carbocycles. The van der Waals surface area contributed by atoms with E-state index in [0.717, 1.165) is 6.07 Å². The molecule has 0 saturated carbocycles. The minimum Gasteiger partial charge on any atom is -0.207 e. The zero-order valence-electron chi connectivity index (χ0n) is 10.3. The highest BCUT2D eigenvalue weighted by Gasteiger charge is 1.95. The van der Waals surface area contributed by atoms with E-state index < -0.39 is 11.6 Å². The lowest BCUT2D eigenvalue weighted by atomic mass is 10.0. The summed E-state index contributed by atoms with van der Waals surface area (Å²) in [6.07, 6.45) is 0. The Morgan fingerprint density at radius 3 is 1.72 bits per heavy atom. The maximum absolute atomic E-state index is 11.9. The third-order valence-corrected chi connectivity index (χ3v) is 3.04. The number of hydrogen-bond donors (Lipinski definition) is 0. The van der Waals surface area contributed by atoms with Crippen molar-refractivity contribution in [3.8, 4) is 0 Å². The number of rotatable bonds is 1. The summed E-state index contributed by atoms with van der Waals surface area (Å²) in [6.45, 7) is 4.42. The monoisotopic (exact) mass is 360 g/mol. The van der Waals surface area contributed by atoms with Crippen LogP contribution < -0.4 is 0 Å². The fourth-order valence-electron chi connectivity index (χ4n) is 1.31. The fraction of sp³-hybridized carbons (Fsp3) is 0.200. The summed E-state index contributed by atoms with van der Waals surface area (Å²) in [5.74, 6) is -0.424. The van der Waals surface area contributed by atoms with Gasteiger partial charge in [-0.1, -0.05) is 32.0 Å². The maximum atomic E-state index is 11.9. The van der Waals surface area contributed by atoms with Crippen molar-refractivity contribution in [2.45, 2.75) is 19.8 Å². The first-order valence-corrected chi connectivity index (χ1v) is 6.73. The molecule has 2 aromatic rings. The maximum Gasteiger partial charge on any atom is 0.126 e. The van der Waals surface area contributed by atoms with E-state index in [-0.39, 0.29) is 0 Å². The molecule has 0 atom stereocenters. The molecule has 0 saturated heterocycles. The summed E-state index contributed by atoms with van der Waals surface area (Å²) in [6, 6.07) is 13.2. The van der Waals surface area contributed by atoms with Gasteiger partial charge in [-0.2, -0.15) is 0 Å². The molecular formula is C15H15F2I. The topological polar surface area (TPSA) is 0 Å². The predicted molar refractivity (Wildman–Crippen MR) is 79.6 cm³/mol. The predicted octanol–water partition coefficient (Wildman–Crippen LogP) is 5.38. The van der Waals surface area contributed by atoms with Crippen LogP contribution in [0.1, 0.15) is 25.3 Å². The first-order chi connectivity index (χ1) is 8.49. The Morgan fingerprint density at radius 1 is 0.889 bits per heavy atom. The van der Waals surface area contributed by atoms with Gasteiger partial charge in [0.1, 0.15) is 11.6 Å². The number of hydrogen-bond acceptors (Lipinski definition) is 0. The molecule has 3 heteroatoms. The van der Waals surface area contributed by atoms with Crippen molar-refractivity contribution in [1.82, 2.24) is 0 Å². The standard InChI is InChI=1S/C9H11I.C6H4F2/c1-7(2)8-3-5-9(10)6-4-8;7-5-2-1-3-6(8)4-5/h3-7H,1-2H3;1-4H. The van der Waals surface area contributed by atoms with Gasteiger partial charge < -0.3 is 0 Å². The lowest BCUT2D eigenvalue weighted by Gasteiger charge is -2.03. The Balaban J connectivity index is 0.000000184. The van der Waals surface area contributed by atoms with Crippen LogP contribution >= 0.6 is 22.6 Å². The highest BCUT2D eigenvalue weighted by atomic mass is 127. The van der Waals surface area contributed by atoms with Gasteiger partial charge in [0.05, 0.1) is 0 Å². The van der Waals surface area contributed by atoms with Crippen LogP contribution in [-0.4, -0.2) is 0 Å². The molecular weight excluding hydrogens is 345 g/mol. The molecule has 0 aliphatic rings. The van der Waals surface area contributed by atoms with Gasteiger partial charge in [0.15, 0.2) is 0 Å². The van der Waals surface area contributed by atoms with Crippen molar-refractivity contribution in [2.75, 3.05) is 0 Å². The zero-order valence-corrected chi connectivity index (χ0v) is 12.5. The zero-order chi connectivity index (χ0) is 13.5. The van der Waals surface area contributed by atoms with Gasteiger partial charge in [-0.3, -0.25) is 0 Å². The molecule has 0 unspecified atom stereocenters. The average molecular weight is 360 g/mol. The molecule has 0 radical (unpaired) electrons. The SMILES string of the molecule is CC(C)c1ccc(I)cc1.Fc1cccc(F)c1. The highest BCUT2D eigenvalue weighted by molar-refractivity contribution is 14.1. The van der Waals surface area contributed by atoms with Crippen LogP contribution in [0.15, 0.2) is 48.5 Å². The van der Waals surface area contributed by atoms with Crippen molar-refractivity contribution < 1.29 is 8.78 Å². The fourth-order valence-corrected chi connectivity index (χ4v) is 1.67. The normalized spacial score (nSPS) is 9.89. The van der Waals surface area contributed by atoms with Gasteiger partial charge in [0.25, 0.3) is 0 Å². The Labute approximate surface area is 120 Å². The van der Waals surface area contributed by atoms with Crippen LogP contribution in [-0.2, 0) is 0 Å². The van der Waals surface area contributed by atoms with Crippen LogP contribution in [0.2, 0.25) is 0 Å². The Bertz CT molecular complexity index is 461. The molecule has 0 fully saturated rings. The van der Waals surface area contributed by atoms with Gasteiger partial charge in [-0.05, 0) is 58.3 Å². The van der Waals surface area contributed by atoms with Crippen LogP contribution in [0.25, 0.3) is 0 Å². The van der Waals surface area contributed by atoms with Gasteiger partial charge >= 0.3 is 0 Å². The van der Waals surface area contributed by atoms with Crippen molar-refractivity contribution in [1.29, 1.82) is 0 Å². The van der Waals surface area contributed by atoms with Crippen molar-refractivity contribution in [3.63, 3.8) is 0 Å². The van der Waals surface area contributed by atoms with E-state index in [4.69, 9.17) is 0 Å². The molecule has 0 aliphatic heterocycles. The summed E-state index contributed by atoms with van der Waals surface area (Å²) < 4.78 is 25.2. The summed E-state index contributed by atoms with van der Waals surface area (Å²) in [5.41, 5.74) is 1.42. The lowest BCUT2D eigenvalue weighted by Crippen LogP contribution is -1.85. The van der Waals surface area contributed by atoms with Crippen LogP contribution in [0.4, 0.5) is 8.78 Å². The minimum atomic E-state index is -0.537. The first kappa shape index (κ1) is 15.1. The van der Waals surface area contributed by atoms with Gasteiger partial charge in [0, 0.05) is 9.64 Å². The van der Waals surface area contributed by atoms with E-state index in [0.29, 0.717) is 5.92 Å². The molecule has 0 N–H and O–H groups in total. The summed E-state index contributed by atoms with van der Waals surface area (Å²) in [4.78, 5) is 0. The first-order valence-electron chi connectivity index (χ1n) is 5.65. The Kier molecular flexibility index (Phi) is 6.25. The third kappa shape index (κ3) is 5.58. The Morgan fingerprint density at radius 2 is 1.39 bits per heavy atom. The van der Waals surface area contributed by atoms with Gasteiger partial charge in [-0.25, -0.2) is 8.78 Å². The van der Waals surface area contributed by atoms with Crippen molar-refractivity contribution >= 4 is 22.6 Å². The molecule has 0 spiro atoms. The number of benzene rings is 2. The summed E-state index contributed by atoms with van der Waals surface area (Å²) >= 11 is 2.32. The van der Waals surface area contributed by atoms with E-state index in [1.54, 1.807) is 0 Å². The van der Waals surface area contributed by atoms with Crippen molar-refractivity contribution in [2.24, 2.45) is 0 Å². The molecule has 0 heterocycles. The van der Waals surface area contributed by atoms with Crippen LogP contribution in [0.5, 0.6) is 0 Å². The van der Waals surface area contributed by atoms with E-state index in [2.05, 4.69) is 60.7 Å². The molecule has 96 valence electrons. The van der Waals surface area contributed by atoms with Crippen LogP contribution in [0.3, 0.4) is 0 Å². The van der Waals surface area contributed by atoms with E-state index in [9.17, 15) is 8.78 Å². The lowest BCUT2D eigenvalue weighted by molar-refractivity contribution is 0.583. The van der Waals surface area contributed by atoms with Gasteiger partial charge in [0.2, 0.25) is 0 Å². The molecule has 0 nitrogen and oxygen atoms in total. The molecule has 0 aromatic heterocycles. The summed E-state index contributed by atoms with van der Waals surface area (Å²) in [5, 5.41) is 0. The van der Waals surface area contributed by atoms with Crippen molar-refractivity contribution in [3.05, 3.63) is 69.3 Å². The minimum absolute atomic E-state index is 0.537. The quantitative estimate of drug-likeness (QED) is 0.599. The average Bonchev–Trinajstić information content (AvgIpc) is 2.30. The number of halogens is 3. The Hall–Kier alpha value is -0.970.